The third kappa shape index (κ3) is 3.71. The van der Waals surface area contributed by atoms with Gasteiger partial charge in [-0.1, -0.05) is 32.0 Å². The van der Waals surface area contributed by atoms with Crippen LogP contribution in [-0.2, 0) is 6.54 Å². The van der Waals surface area contributed by atoms with E-state index in [-0.39, 0.29) is 6.10 Å². The Morgan fingerprint density at radius 3 is 2.68 bits per heavy atom. The van der Waals surface area contributed by atoms with Crippen LogP contribution in [0.3, 0.4) is 0 Å². The summed E-state index contributed by atoms with van der Waals surface area (Å²) < 4.78 is 0. The van der Waals surface area contributed by atoms with Gasteiger partial charge in [-0.3, -0.25) is 0 Å². The molecule has 1 aliphatic rings. The van der Waals surface area contributed by atoms with Crippen molar-refractivity contribution in [2.45, 2.75) is 45.9 Å². The molecule has 19 heavy (non-hydrogen) atoms. The molecular weight excluding hydrogens is 236 g/mol. The lowest BCUT2D eigenvalue weighted by atomic mass is 10.0. The molecule has 0 aliphatic carbocycles. The smallest absolute Gasteiger partial charge is 0.0557 e. The Morgan fingerprint density at radius 1 is 1.32 bits per heavy atom. The molecule has 1 aromatic rings. The van der Waals surface area contributed by atoms with Crippen LogP contribution in [-0.4, -0.2) is 30.3 Å². The minimum Gasteiger partial charge on any atom is -0.393 e. The van der Waals surface area contributed by atoms with Crippen molar-refractivity contribution in [2.24, 2.45) is 5.92 Å². The molecule has 2 rings (SSSR count). The molecule has 3 nitrogen and oxygen atoms in total. The highest BCUT2D eigenvalue weighted by molar-refractivity contribution is 5.54. The van der Waals surface area contributed by atoms with Gasteiger partial charge < -0.3 is 15.3 Å². The van der Waals surface area contributed by atoms with E-state index >= 15 is 0 Å². The van der Waals surface area contributed by atoms with Crippen LogP contribution < -0.4 is 10.2 Å². The number of benzene rings is 1. The van der Waals surface area contributed by atoms with Gasteiger partial charge in [-0.15, -0.1) is 0 Å². The zero-order chi connectivity index (χ0) is 13.8. The predicted octanol–water partition coefficient (Wildman–Crippen LogP) is 2.39. The summed E-state index contributed by atoms with van der Waals surface area (Å²) in [7, 11) is 0. The van der Waals surface area contributed by atoms with Crippen molar-refractivity contribution in [3.05, 3.63) is 29.8 Å². The lowest BCUT2D eigenvalue weighted by molar-refractivity contribution is 0.136. The number of anilines is 1. The molecule has 1 aliphatic heterocycles. The molecule has 0 bridgehead atoms. The van der Waals surface area contributed by atoms with Crippen molar-refractivity contribution in [3.63, 3.8) is 0 Å². The Morgan fingerprint density at radius 2 is 2.05 bits per heavy atom. The monoisotopic (exact) mass is 262 g/mol. The van der Waals surface area contributed by atoms with Crippen molar-refractivity contribution < 1.29 is 5.11 Å². The highest BCUT2D eigenvalue weighted by Crippen LogP contribution is 2.28. The number of nitrogens with zero attached hydrogens (tertiary/aromatic N) is 1. The second-order valence-corrected chi connectivity index (χ2v) is 5.90. The van der Waals surface area contributed by atoms with Crippen LogP contribution in [0, 0.1) is 5.92 Å². The maximum atomic E-state index is 9.72. The Hall–Kier alpha value is -1.06. The minimum absolute atomic E-state index is 0.203. The lowest BCUT2D eigenvalue weighted by Gasteiger charge is -2.23. The average molecular weight is 262 g/mol. The van der Waals surface area contributed by atoms with Crippen molar-refractivity contribution >= 4 is 5.69 Å². The van der Waals surface area contributed by atoms with Crippen LogP contribution in [0.25, 0.3) is 0 Å². The van der Waals surface area contributed by atoms with Gasteiger partial charge in [0, 0.05) is 37.3 Å². The molecule has 0 aromatic heterocycles. The first-order valence-electron chi connectivity index (χ1n) is 7.32. The molecule has 0 radical (unpaired) electrons. The normalized spacial score (nSPS) is 21.1. The molecule has 3 heteroatoms. The number of aliphatic hydroxyl groups excluding tert-OH is 1. The van der Waals surface area contributed by atoms with Gasteiger partial charge >= 0.3 is 0 Å². The zero-order valence-electron chi connectivity index (χ0n) is 12.3. The predicted molar refractivity (Wildman–Crippen MR) is 80.4 cm³/mol. The summed E-state index contributed by atoms with van der Waals surface area (Å²) in [6.07, 6.45) is 0.884. The Balaban J connectivity index is 2.07. The highest BCUT2D eigenvalue weighted by Gasteiger charge is 2.26. The SMILES string of the molecule is CC(C)NCc1ccccc1N1CCC(C(C)O)C1. The Bertz CT molecular complexity index is 403. The standard InChI is InChI=1S/C16H26N2O/c1-12(2)17-10-14-6-4-5-7-16(14)18-9-8-15(11-18)13(3)19/h4-7,12-13,15,17,19H,8-11H2,1-3H3. The number of nitrogens with one attached hydrogen (secondary N) is 1. The molecule has 1 aromatic carbocycles. The number of rotatable bonds is 5. The largest absolute Gasteiger partial charge is 0.393 e. The molecule has 1 saturated heterocycles. The van der Waals surface area contributed by atoms with E-state index in [9.17, 15) is 5.11 Å². The van der Waals surface area contributed by atoms with Crippen molar-refractivity contribution in [1.82, 2.24) is 5.32 Å². The van der Waals surface area contributed by atoms with Crippen LogP contribution in [0.1, 0.15) is 32.8 Å². The van der Waals surface area contributed by atoms with Gasteiger partial charge in [0.05, 0.1) is 6.10 Å². The van der Waals surface area contributed by atoms with E-state index in [0.717, 1.165) is 26.1 Å². The van der Waals surface area contributed by atoms with Crippen molar-refractivity contribution in [2.75, 3.05) is 18.0 Å². The van der Waals surface area contributed by atoms with E-state index in [1.807, 2.05) is 6.92 Å². The van der Waals surface area contributed by atoms with Gasteiger partial charge in [0.25, 0.3) is 0 Å². The van der Waals surface area contributed by atoms with E-state index in [1.165, 1.54) is 11.3 Å². The quantitative estimate of drug-likeness (QED) is 0.855. The van der Waals surface area contributed by atoms with E-state index in [4.69, 9.17) is 0 Å². The first kappa shape index (κ1) is 14.4. The molecular formula is C16H26N2O. The van der Waals surface area contributed by atoms with E-state index in [1.54, 1.807) is 0 Å². The van der Waals surface area contributed by atoms with Crippen LogP contribution >= 0.6 is 0 Å². The Labute approximate surface area is 116 Å². The second kappa shape index (κ2) is 6.40. The second-order valence-electron chi connectivity index (χ2n) is 5.90. The van der Waals surface area contributed by atoms with Gasteiger partial charge in [0.15, 0.2) is 0 Å². The van der Waals surface area contributed by atoms with Gasteiger partial charge in [-0.05, 0) is 25.0 Å². The zero-order valence-corrected chi connectivity index (χ0v) is 12.3. The third-order valence-corrected chi connectivity index (χ3v) is 3.94. The van der Waals surface area contributed by atoms with Gasteiger partial charge in [0.2, 0.25) is 0 Å². The summed E-state index contributed by atoms with van der Waals surface area (Å²) in [5.41, 5.74) is 2.67. The van der Waals surface area contributed by atoms with E-state index in [2.05, 4.69) is 48.3 Å². The Kier molecular flexibility index (Phi) is 4.83. The van der Waals surface area contributed by atoms with Crippen LogP contribution in [0.15, 0.2) is 24.3 Å². The fourth-order valence-corrected chi connectivity index (χ4v) is 2.68. The van der Waals surface area contributed by atoms with Crippen LogP contribution in [0.5, 0.6) is 0 Å². The number of aliphatic hydroxyl groups is 1. The van der Waals surface area contributed by atoms with Crippen molar-refractivity contribution in [1.29, 1.82) is 0 Å². The summed E-state index contributed by atoms with van der Waals surface area (Å²) >= 11 is 0. The molecule has 2 atom stereocenters. The number of hydrogen-bond donors (Lipinski definition) is 2. The van der Waals surface area contributed by atoms with Crippen molar-refractivity contribution in [3.8, 4) is 0 Å². The first-order chi connectivity index (χ1) is 9.08. The van der Waals surface area contributed by atoms with Crippen LogP contribution in [0.4, 0.5) is 5.69 Å². The van der Waals surface area contributed by atoms with Crippen LogP contribution in [0.2, 0.25) is 0 Å². The average Bonchev–Trinajstić information content (AvgIpc) is 2.86. The summed E-state index contributed by atoms with van der Waals surface area (Å²) in [6, 6.07) is 9.09. The molecule has 0 spiro atoms. The van der Waals surface area contributed by atoms with Gasteiger partial charge in [-0.25, -0.2) is 0 Å². The fourth-order valence-electron chi connectivity index (χ4n) is 2.68. The van der Waals surface area contributed by atoms with E-state index < -0.39 is 0 Å². The molecule has 0 saturated carbocycles. The maximum Gasteiger partial charge on any atom is 0.0557 e. The molecule has 1 heterocycles. The highest BCUT2D eigenvalue weighted by atomic mass is 16.3. The fraction of sp³-hybridized carbons (Fsp3) is 0.625. The maximum absolute atomic E-state index is 9.72. The summed E-state index contributed by atoms with van der Waals surface area (Å²) in [5.74, 6) is 0.408. The molecule has 106 valence electrons. The summed E-state index contributed by atoms with van der Waals surface area (Å²) in [5, 5.41) is 13.2. The summed E-state index contributed by atoms with van der Waals surface area (Å²) in [6.45, 7) is 9.17. The van der Waals surface area contributed by atoms with Gasteiger partial charge in [-0.2, -0.15) is 0 Å². The molecule has 2 N–H and O–H groups in total. The number of hydrogen-bond acceptors (Lipinski definition) is 3. The molecule has 0 amide bonds. The third-order valence-electron chi connectivity index (χ3n) is 3.94. The minimum atomic E-state index is -0.203. The lowest BCUT2D eigenvalue weighted by Crippen LogP contribution is -2.27. The van der Waals surface area contributed by atoms with Gasteiger partial charge in [0.1, 0.15) is 0 Å². The molecule has 1 fully saturated rings. The van der Waals surface area contributed by atoms with E-state index in [0.29, 0.717) is 12.0 Å². The molecule has 2 unspecified atom stereocenters. The number of para-hydroxylation sites is 1. The first-order valence-corrected chi connectivity index (χ1v) is 7.32. The summed E-state index contributed by atoms with van der Waals surface area (Å²) in [4.78, 5) is 2.41. The topological polar surface area (TPSA) is 35.5 Å².